The molecule has 0 bridgehead atoms. The van der Waals surface area contributed by atoms with E-state index in [1.54, 1.807) is 12.1 Å². The molecule has 0 fully saturated rings. The van der Waals surface area contributed by atoms with Crippen molar-refractivity contribution in [1.29, 1.82) is 10.8 Å². The number of aromatic amines is 1. The molecule has 0 unspecified atom stereocenters. The van der Waals surface area contributed by atoms with E-state index >= 15 is 0 Å². The molecule has 0 saturated heterocycles. The minimum Gasteiger partial charge on any atom is -0.459 e. The largest absolute Gasteiger partial charge is 0.459 e. The number of hydrogen-bond acceptors (Lipinski definition) is 4. The van der Waals surface area contributed by atoms with E-state index in [0.717, 1.165) is 54.7 Å². The van der Waals surface area contributed by atoms with E-state index in [4.69, 9.17) is 21.3 Å². The maximum absolute atomic E-state index is 13.0. The van der Waals surface area contributed by atoms with E-state index in [-0.39, 0.29) is 18.3 Å². The summed E-state index contributed by atoms with van der Waals surface area (Å²) in [6.07, 6.45) is 0.391. The lowest BCUT2D eigenvalue weighted by Gasteiger charge is -2.40. The molecule has 0 saturated carbocycles. The van der Waals surface area contributed by atoms with Crippen LogP contribution >= 0.6 is 15.9 Å². The second-order valence-electron chi connectivity index (χ2n) is 12.2. The van der Waals surface area contributed by atoms with Crippen LogP contribution in [0.25, 0.3) is 27.7 Å². The highest BCUT2D eigenvalue weighted by molar-refractivity contribution is 9.10. The van der Waals surface area contributed by atoms with Crippen LogP contribution in [-0.2, 0) is 4.74 Å². The lowest BCUT2D eigenvalue weighted by atomic mass is 9.48. The van der Waals surface area contributed by atoms with Crippen molar-refractivity contribution in [3.63, 3.8) is 0 Å². The summed E-state index contributed by atoms with van der Waals surface area (Å²) in [5.41, 5.74) is 17.3. The standard InChI is InChI=1S/C33H35BBrN7O2/c1-17-13-19(3)41-29(17)25(30-18(2)14-20(4)42(30)34(41,5)6)16-44-33(43)40-32(38)22-9-7-21(8-10-22)28-27(35)24-12-11-23(31(36)37)15-26(24)39-28/h7-15,39H,16H2,1-6H3,(H3,36,37)(H2,38,40,43). The van der Waals surface area contributed by atoms with E-state index in [9.17, 15) is 4.79 Å². The van der Waals surface area contributed by atoms with Gasteiger partial charge in [-0.25, -0.2) is 4.79 Å². The molecule has 0 atom stereocenters. The fraction of sp³-hybridized carbons (Fsp3) is 0.212. The SMILES string of the molecule is CC1=CC(C)=[N+]2C1=C(COC(=O)NC(=N)c1ccc(-c3[nH]c4cc(C(=N)N)ccc4c3Br)cc1)c1c(C)cc(C)n1[B-]2(C)C. The Labute approximate surface area is 264 Å². The molecular formula is C33H35BBrN7O2. The average Bonchev–Trinajstić information content (AvgIpc) is 3.58. The second kappa shape index (κ2) is 10.5. The number of allylic oxidation sites excluding steroid dienone is 2. The van der Waals surface area contributed by atoms with Gasteiger partial charge in [-0.1, -0.05) is 36.4 Å². The molecule has 1 amide bonds. The van der Waals surface area contributed by atoms with Crippen molar-refractivity contribution in [2.75, 3.05) is 6.61 Å². The molecule has 0 aliphatic carbocycles. The Morgan fingerprint density at radius 1 is 1.07 bits per heavy atom. The molecule has 44 heavy (non-hydrogen) atoms. The van der Waals surface area contributed by atoms with E-state index in [2.05, 4.69) is 88.7 Å². The normalized spacial score (nSPS) is 15.3. The van der Waals surface area contributed by atoms with Crippen molar-refractivity contribution in [2.24, 2.45) is 5.73 Å². The number of nitrogen functional groups attached to an aromatic ring is 1. The fourth-order valence-corrected chi connectivity index (χ4v) is 7.75. The van der Waals surface area contributed by atoms with Crippen LogP contribution in [0.1, 0.15) is 41.9 Å². The first-order valence-electron chi connectivity index (χ1n) is 14.6. The molecule has 6 N–H and O–H groups in total. The molecule has 224 valence electrons. The Morgan fingerprint density at radius 3 is 2.43 bits per heavy atom. The van der Waals surface area contributed by atoms with Crippen molar-refractivity contribution in [3.8, 4) is 11.3 Å². The summed E-state index contributed by atoms with van der Waals surface area (Å²) in [6.45, 7) is 13.1. The number of carbonyl (C=O) groups excluding carboxylic acids is 1. The van der Waals surface area contributed by atoms with Gasteiger partial charge in [0.15, 0.2) is 5.70 Å². The van der Waals surface area contributed by atoms with Crippen LogP contribution in [0.4, 0.5) is 4.79 Å². The van der Waals surface area contributed by atoms with Gasteiger partial charge in [-0.3, -0.25) is 16.1 Å². The molecule has 2 aromatic carbocycles. The van der Waals surface area contributed by atoms with Crippen LogP contribution in [0.2, 0.25) is 13.6 Å². The van der Waals surface area contributed by atoms with Gasteiger partial charge in [-0.05, 0) is 65.7 Å². The number of H-pyrrole nitrogens is 1. The number of nitrogens with two attached hydrogens (primary N) is 1. The fourth-order valence-electron chi connectivity index (χ4n) is 7.08. The number of ether oxygens (including phenoxy) is 1. The molecule has 6 rings (SSSR count). The van der Waals surface area contributed by atoms with Gasteiger partial charge in [0.05, 0.1) is 15.7 Å². The Morgan fingerprint density at radius 2 is 1.75 bits per heavy atom. The maximum atomic E-state index is 13.0. The molecule has 4 heterocycles. The highest BCUT2D eigenvalue weighted by atomic mass is 79.9. The predicted molar refractivity (Wildman–Crippen MR) is 182 cm³/mol. The quantitative estimate of drug-likeness (QED) is 0.0927. The van der Waals surface area contributed by atoms with Crippen molar-refractivity contribution in [1.82, 2.24) is 14.8 Å². The minimum absolute atomic E-state index is 0.00901. The zero-order chi connectivity index (χ0) is 31.7. The van der Waals surface area contributed by atoms with Crippen molar-refractivity contribution >= 4 is 62.3 Å². The van der Waals surface area contributed by atoms with Gasteiger partial charge in [0.1, 0.15) is 24.0 Å². The first-order chi connectivity index (χ1) is 20.8. The molecular weight excluding hydrogens is 617 g/mol. The number of carbonyl (C=O) groups is 1. The average molecular weight is 652 g/mol. The molecule has 0 spiro atoms. The number of amides is 1. The predicted octanol–water partition coefficient (Wildman–Crippen LogP) is 6.76. The molecule has 0 radical (unpaired) electrons. The number of aryl methyl sites for hydroxylation is 2. The number of halogens is 1. The van der Waals surface area contributed by atoms with Gasteiger partial charge in [0.25, 0.3) is 0 Å². The smallest absolute Gasteiger partial charge is 0.413 e. The zero-order valence-corrected chi connectivity index (χ0v) is 27.2. The second-order valence-corrected chi connectivity index (χ2v) is 13.0. The number of alkyl carbamates (subject to hydrolysis) is 1. The lowest BCUT2D eigenvalue weighted by molar-refractivity contribution is -0.336. The monoisotopic (exact) mass is 651 g/mol. The van der Waals surface area contributed by atoms with Crippen molar-refractivity contribution in [3.05, 3.63) is 98.4 Å². The summed E-state index contributed by atoms with van der Waals surface area (Å²) in [7, 11) is 0. The van der Waals surface area contributed by atoms with Gasteiger partial charge >= 0.3 is 12.5 Å². The van der Waals surface area contributed by atoms with Gasteiger partial charge in [-0.2, -0.15) is 0 Å². The van der Waals surface area contributed by atoms with E-state index in [1.165, 1.54) is 11.4 Å². The number of nitrogens with one attached hydrogen (secondary N) is 4. The van der Waals surface area contributed by atoms with Gasteiger partial charge < -0.3 is 24.4 Å². The topological polar surface area (TPSA) is 136 Å². The van der Waals surface area contributed by atoms with Crippen molar-refractivity contribution in [2.45, 2.75) is 41.3 Å². The molecule has 2 aliphatic rings. The van der Waals surface area contributed by atoms with Gasteiger partial charge in [0, 0.05) is 46.3 Å². The summed E-state index contributed by atoms with van der Waals surface area (Å²) < 4.78 is 11.4. The molecule has 4 aromatic rings. The van der Waals surface area contributed by atoms with Crippen LogP contribution in [0.15, 0.2) is 70.3 Å². The molecule has 2 aromatic heterocycles. The van der Waals surface area contributed by atoms with Crippen LogP contribution < -0.4 is 11.1 Å². The third-order valence-corrected chi connectivity index (χ3v) is 9.58. The van der Waals surface area contributed by atoms with Crippen LogP contribution in [-0.4, -0.2) is 50.4 Å². The van der Waals surface area contributed by atoms with Crippen molar-refractivity contribution < 1.29 is 14.0 Å². The maximum Gasteiger partial charge on any atom is 0.413 e. The van der Waals surface area contributed by atoms with Gasteiger partial charge in [-0.15, -0.1) is 13.6 Å². The molecule has 11 heteroatoms. The van der Waals surface area contributed by atoms with E-state index < -0.39 is 12.5 Å². The highest BCUT2D eigenvalue weighted by Crippen LogP contribution is 2.40. The number of fused-ring (bicyclic) bond motifs is 3. The van der Waals surface area contributed by atoms with Gasteiger partial charge in [0.2, 0.25) is 0 Å². The Balaban J connectivity index is 1.19. The first-order valence-corrected chi connectivity index (χ1v) is 15.4. The number of amidine groups is 2. The third-order valence-electron chi connectivity index (χ3n) is 8.76. The van der Waals surface area contributed by atoms with E-state index in [0.29, 0.717) is 11.1 Å². The Bertz CT molecular complexity index is 2030. The Kier molecular flexibility index (Phi) is 7.04. The Hall–Kier alpha value is -4.64. The molecule has 9 nitrogen and oxygen atoms in total. The summed E-state index contributed by atoms with van der Waals surface area (Å²) in [6, 6.07) is 15.1. The van der Waals surface area contributed by atoms with Crippen LogP contribution in [0.5, 0.6) is 0 Å². The molecule has 2 aliphatic heterocycles. The minimum atomic E-state index is -1.12. The lowest BCUT2D eigenvalue weighted by Crippen LogP contribution is -2.53. The van der Waals surface area contributed by atoms with E-state index in [1.807, 2.05) is 30.3 Å². The summed E-state index contributed by atoms with van der Waals surface area (Å²) in [5.74, 6) is -0.0398. The number of hydrogen-bond donors (Lipinski definition) is 5. The number of nitrogens with zero attached hydrogens (tertiary/aromatic N) is 2. The summed E-state index contributed by atoms with van der Waals surface area (Å²) in [4.78, 5) is 16.4. The number of rotatable bonds is 5. The third kappa shape index (κ3) is 4.62. The highest BCUT2D eigenvalue weighted by Gasteiger charge is 2.45. The zero-order valence-electron chi connectivity index (χ0n) is 25.6. The number of benzene rings is 2. The summed E-state index contributed by atoms with van der Waals surface area (Å²) in [5, 5.41) is 19.8. The number of aromatic nitrogens is 2. The van der Waals surface area contributed by atoms with Crippen LogP contribution in [0, 0.1) is 24.7 Å². The van der Waals surface area contributed by atoms with Crippen LogP contribution in [0.3, 0.4) is 0 Å². The first kappa shape index (κ1) is 29.4. The summed E-state index contributed by atoms with van der Waals surface area (Å²) >= 11 is 3.68.